The fourth-order valence-corrected chi connectivity index (χ4v) is 2.28. The van der Waals surface area contributed by atoms with E-state index in [0.29, 0.717) is 6.54 Å². The number of nitrogens with zero attached hydrogens (tertiary/aromatic N) is 3. The van der Waals surface area contributed by atoms with E-state index in [0.717, 1.165) is 29.8 Å². The molecule has 0 aliphatic carbocycles. The van der Waals surface area contributed by atoms with Crippen molar-refractivity contribution in [1.82, 2.24) is 9.78 Å². The second kappa shape index (κ2) is 6.58. The van der Waals surface area contributed by atoms with E-state index >= 15 is 0 Å². The zero-order valence-electron chi connectivity index (χ0n) is 12.0. The second-order valence-corrected chi connectivity index (χ2v) is 5.25. The van der Waals surface area contributed by atoms with E-state index in [1.165, 1.54) is 6.07 Å². The van der Waals surface area contributed by atoms with Crippen LogP contribution in [-0.2, 0) is 13.1 Å². The molecule has 7 heteroatoms. The van der Waals surface area contributed by atoms with Gasteiger partial charge in [-0.3, -0.25) is 14.8 Å². The molecule has 112 valence electrons. The molecule has 1 heterocycles. The average Bonchev–Trinajstić information content (AvgIpc) is 2.87. The smallest absolute Gasteiger partial charge is 0.288 e. The third-order valence-corrected chi connectivity index (χ3v) is 3.42. The van der Waals surface area contributed by atoms with Crippen molar-refractivity contribution in [3.05, 3.63) is 50.8 Å². The van der Waals surface area contributed by atoms with E-state index in [1.54, 1.807) is 6.07 Å². The maximum atomic E-state index is 10.8. The second-order valence-electron chi connectivity index (χ2n) is 4.84. The van der Waals surface area contributed by atoms with Gasteiger partial charge in [-0.1, -0.05) is 18.5 Å². The number of rotatable bonds is 6. The van der Waals surface area contributed by atoms with Crippen LogP contribution >= 0.6 is 11.6 Å². The normalized spacial score (nSPS) is 10.6. The molecule has 1 N–H and O–H groups in total. The first-order valence-electron chi connectivity index (χ1n) is 6.71. The standard InChI is InChI=1S/C14H17ClN4O2/c1-3-4-18-9-11(8-17-18)7-16-13-6-12(15)14(19(20)21)5-10(13)2/h5-6,8-9,16H,3-4,7H2,1-2H3. The number of halogens is 1. The minimum Gasteiger partial charge on any atom is -0.381 e. The molecule has 6 nitrogen and oxygen atoms in total. The highest BCUT2D eigenvalue weighted by molar-refractivity contribution is 6.33. The van der Waals surface area contributed by atoms with Crippen LogP contribution in [0.3, 0.4) is 0 Å². The molecule has 0 atom stereocenters. The Hall–Kier alpha value is -2.08. The molecule has 21 heavy (non-hydrogen) atoms. The van der Waals surface area contributed by atoms with Crippen LogP contribution in [0.15, 0.2) is 24.5 Å². The molecule has 0 bridgehead atoms. The summed E-state index contributed by atoms with van der Waals surface area (Å²) in [6.45, 7) is 5.40. The Morgan fingerprint density at radius 3 is 2.90 bits per heavy atom. The van der Waals surface area contributed by atoms with Crippen molar-refractivity contribution in [3.8, 4) is 0 Å². The summed E-state index contributed by atoms with van der Waals surface area (Å²) in [4.78, 5) is 10.3. The van der Waals surface area contributed by atoms with Crippen LogP contribution in [0.5, 0.6) is 0 Å². The fraction of sp³-hybridized carbons (Fsp3) is 0.357. The molecule has 0 spiro atoms. The Balaban J connectivity index is 2.09. The highest BCUT2D eigenvalue weighted by atomic mass is 35.5. The van der Waals surface area contributed by atoms with Gasteiger partial charge in [-0.05, 0) is 25.0 Å². The summed E-state index contributed by atoms with van der Waals surface area (Å²) in [5.74, 6) is 0. The van der Waals surface area contributed by atoms with Crippen molar-refractivity contribution >= 4 is 23.0 Å². The van der Waals surface area contributed by atoms with Crippen molar-refractivity contribution in [2.75, 3.05) is 5.32 Å². The first-order valence-corrected chi connectivity index (χ1v) is 7.08. The average molecular weight is 309 g/mol. The van der Waals surface area contributed by atoms with Gasteiger partial charge in [-0.25, -0.2) is 0 Å². The molecular formula is C14H17ClN4O2. The van der Waals surface area contributed by atoms with E-state index in [4.69, 9.17) is 11.6 Å². The summed E-state index contributed by atoms with van der Waals surface area (Å²) < 4.78 is 1.90. The van der Waals surface area contributed by atoms with Crippen LogP contribution in [0.1, 0.15) is 24.5 Å². The molecule has 0 aliphatic heterocycles. The van der Waals surface area contributed by atoms with Crippen LogP contribution < -0.4 is 5.32 Å². The maximum Gasteiger partial charge on any atom is 0.288 e. The topological polar surface area (TPSA) is 73.0 Å². The molecule has 0 aliphatic rings. The molecule has 0 saturated carbocycles. The third-order valence-electron chi connectivity index (χ3n) is 3.11. The number of aryl methyl sites for hydroxylation is 2. The highest BCUT2D eigenvalue weighted by Gasteiger charge is 2.14. The van der Waals surface area contributed by atoms with Gasteiger partial charge in [0.15, 0.2) is 0 Å². The molecule has 1 aromatic heterocycles. The predicted octanol–water partition coefficient (Wildman–Crippen LogP) is 3.78. The van der Waals surface area contributed by atoms with Gasteiger partial charge in [-0.2, -0.15) is 5.10 Å². The lowest BCUT2D eigenvalue weighted by molar-refractivity contribution is -0.384. The van der Waals surface area contributed by atoms with Gasteiger partial charge < -0.3 is 5.32 Å². The van der Waals surface area contributed by atoms with Gasteiger partial charge in [0.1, 0.15) is 5.02 Å². The Morgan fingerprint density at radius 2 is 2.24 bits per heavy atom. The first-order chi connectivity index (χ1) is 10.0. The molecule has 2 rings (SSSR count). The molecule has 0 unspecified atom stereocenters. The maximum absolute atomic E-state index is 10.8. The molecule has 0 saturated heterocycles. The number of hydrogen-bond acceptors (Lipinski definition) is 4. The molecule has 0 amide bonds. The molecule has 1 aromatic carbocycles. The quantitative estimate of drug-likeness (QED) is 0.651. The van der Waals surface area contributed by atoms with E-state index in [-0.39, 0.29) is 10.7 Å². The van der Waals surface area contributed by atoms with E-state index in [9.17, 15) is 10.1 Å². The monoisotopic (exact) mass is 308 g/mol. The summed E-state index contributed by atoms with van der Waals surface area (Å²) in [7, 11) is 0. The van der Waals surface area contributed by atoms with Crippen molar-refractivity contribution in [2.45, 2.75) is 33.4 Å². The lowest BCUT2D eigenvalue weighted by atomic mass is 10.1. The number of nitro benzene ring substituents is 1. The van der Waals surface area contributed by atoms with Crippen molar-refractivity contribution in [1.29, 1.82) is 0 Å². The number of benzene rings is 1. The van der Waals surface area contributed by atoms with Gasteiger partial charge >= 0.3 is 0 Å². The number of nitrogens with one attached hydrogen (secondary N) is 1. The van der Waals surface area contributed by atoms with Crippen LogP contribution in [0.25, 0.3) is 0 Å². The Kier molecular flexibility index (Phi) is 4.80. The first kappa shape index (κ1) is 15.3. The summed E-state index contributed by atoms with van der Waals surface area (Å²) in [5, 5.41) is 18.4. The Morgan fingerprint density at radius 1 is 1.48 bits per heavy atom. The lowest BCUT2D eigenvalue weighted by Gasteiger charge is -2.09. The third kappa shape index (κ3) is 3.72. The summed E-state index contributed by atoms with van der Waals surface area (Å²) in [6, 6.07) is 3.07. The van der Waals surface area contributed by atoms with Gasteiger partial charge in [0.25, 0.3) is 5.69 Å². The van der Waals surface area contributed by atoms with Crippen LogP contribution in [0.2, 0.25) is 5.02 Å². The molecule has 0 radical (unpaired) electrons. The SMILES string of the molecule is CCCn1cc(CNc2cc(Cl)c([N+](=O)[O-])cc2C)cn1. The zero-order valence-corrected chi connectivity index (χ0v) is 12.7. The Bertz CT molecular complexity index is 654. The van der Waals surface area contributed by atoms with Gasteiger partial charge in [0.05, 0.1) is 11.1 Å². The largest absolute Gasteiger partial charge is 0.381 e. The van der Waals surface area contributed by atoms with Crippen molar-refractivity contribution in [2.24, 2.45) is 0 Å². The molecule has 2 aromatic rings. The summed E-state index contributed by atoms with van der Waals surface area (Å²) in [5.41, 5.74) is 2.55. The van der Waals surface area contributed by atoms with E-state index in [1.807, 2.05) is 24.0 Å². The minimum atomic E-state index is -0.478. The zero-order chi connectivity index (χ0) is 15.4. The van der Waals surface area contributed by atoms with Crippen molar-refractivity contribution in [3.63, 3.8) is 0 Å². The predicted molar refractivity (Wildman–Crippen MR) is 82.7 cm³/mol. The molecular weight excluding hydrogens is 292 g/mol. The van der Waals surface area contributed by atoms with Crippen LogP contribution in [0, 0.1) is 17.0 Å². The van der Waals surface area contributed by atoms with Crippen molar-refractivity contribution < 1.29 is 4.92 Å². The van der Waals surface area contributed by atoms with Gasteiger partial charge in [-0.15, -0.1) is 0 Å². The number of anilines is 1. The minimum absolute atomic E-state index is 0.0736. The molecule has 0 fully saturated rings. The van der Waals surface area contributed by atoms with E-state index in [2.05, 4.69) is 17.3 Å². The summed E-state index contributed by atoms with van der Waals surface area (Å²) >= 11 is 5.93. The number of aromatic nitrogens is 2. The number of nitro groups is 1. The van der Waals surface area contributed by atoms with Crippen LogP contribution in [-0.4, -0.2) is 14.7 Å². The van der Waals surface area contributed by atoms with Crippen LogP contribution in [0.4, 0.5) is 11.4 Å². The van der Waals surface area contributed by atoms with E-state index < -0.39 is 4.92 Å². The fourth-order valence-electron chi connectivity index (χ4n) is 2.04. The highest BCUT2D eigenvalue weighted by Crippen LogP contribution is 2.30. The van der Waals surface area contributed by atoms with Gasteiger partial charge in [0, 0.05) is 36.6 Å². The number of hydrogen-bond donors (Lipinski definition) is 1. The Labute approximate surface area is 127 Å². The summed E-state index contributed by atoms with van der Waals surface area (Å²) in [6.07, 6.45) is 4.83. The van der Waals surface area contributed by atoms with Gasteiger partial charge in [0.2, 0.25) is 0 Å². The lowest BCUT2D eigenvalue weighted by Crippen LogP contribution is -2.02.